The number of halogens is 3. The number of benzene rings is 1. The number of piperazine rings is 1. The Kier molecular flexibility index (Phi) is 11.3. The summed E-state index contributed by atoms with van der Waals surface area (Å²) in [5.74, 6) is -0.150. The molecule has 1 aromatic carbocycles. The number of aromatic nitrogens is 1. The SMILES string of the molecule is CC/C(=N\C=N)SCC(NC1CCN(Cc2ccc3c(cc(C#N)n3CCN3CCNCC3)c2C)CC1)C(F)(F)F. The van der Waals surface area contributed by atoms with Crippen molar-refractivity contribution >= 4 is 34.0 Å². The minimum Gasteiger partial charge on any atom is -0.331 e. The molecule has 1 aromatic heterocycles. The van der Waals surface area contributed by atoms with Crippen LogP contribution >= 0.6 is 11.8 Å². The summed E-state index contributed by atoms with van der Waals surface area (Å²) in [6, 6.07) is 6.81. The van der Waals surface area contributed by atoms with E-state index in [4.69, 9.17) is 5.41 Å². The molecule has 41 heavy (non-hydrogen) atoms. The van der Waals surface area contributed by atoms with Gasteiger partial charge >= 0.3 is 6.18 Å². The monoisotopic (exact) mass is 590 g/mol. The summed E-state index contributed by atoms with van der Waals surface area (Å²) < 4.78 is 43.4. The lowest BCUT2D eigenvalue weighted by Crippen LogP contribution is -2.52. The van der Waals surface area contributed by atoms with Crippen LogP contribution in [0, 0.1) is 23.7 Å². The van der Waals surface area contributed by atoms with Gasteiger partial charge in [-0.3, -0.25) is 15.2 Å². The van der Waals surface area contributed by atoms with E-state index in [2.05, 4.69) is 55.1 Å². The van der Waals surface area contributed by atoms with Crippen LogP contribution in [0.1, 0.15) is 43.0 Å². The zero-order chi connectivity index (χ0) is 29.4. The Morgan fingerprint density at radius 1 is 1.22 bits per heavy atom. The van der Waals surface area contributed by atoms with Crippen LogP contribution in [0.15, 0.2) is 23.2 Å². The van der Waals surface area contributed by atoms with E-state index in [1.165, 1.54) is 5.56 Å². The summed E-state index contributed by atoms with van der Waals surface area (Å²) in [4.78, 5) is 8.59. The Morgan fingerprint density at radius 2 is 1.95 bits per heavy atom. The Labute approximate surface area is 244 Å². The normalized spacial score (nSPS) is 19.0. The minimum atomic E-state index is -4.34. The molecule has 2 aliphatic rings. The number of hydrogen-bond donors (Lipinski definition) is 3. The van der Waals surface area contributed by atoms with E-state index in [1.807, 2.05) is 13.0 Å². The van der Waals surface area contributed by atoms with E-state index in [9.17, 15) is 18.4 Å². The number of alkyl halides is 3. The number of aliphatic imine (C=N–C) groups is 1. The molecule has 4 rings (SSSR count). The maximum atomic E-state index is 13.8. The molecular weight excluding hydrogens is 549 g/mol. The van der Waals surface area contributed by atoms with Crippen molar-refractivity contribution in [3.8, 4) is 6.07 Å². The number of aryl methyl sites for hydroxylation is 1. The number of nitrogens with one attached hydrogen (secondary N) is 3. The fourth-order valence-electron chi connectivity index (χ4n) is 5.70. The fraction of sp³-hybridized carbons (Fsp3) is 0.621. The molecule has 3 heterocycles. The number of nitriles is 1. The largest absolute Gasteiger partial charge is 0.404 e. The van der Waals surface area contributed by atoms with Gasteiger partial charge < -0.3 is 15.2 Å². The average Bonchev–Trinajstić information content (AvgIpc) is 3.34. The summed E-state index contributed by atoms with van der Waals surface area (Å²) in [5, 5.41) is 24.8. The van der Waals surface area contributed by atoms with Crippen LogP contribution < -0.4 is 10.6 Å². The molecule has 0 saturated carbocycles. The number of nitrogens with zero attached hydrogens (tertiary/aromatic N) is 5. The van der Waals surface area contributed by atoms with Crippen LogP contribution in [0.25, 0.3) is 10.9 Å². The van der Waals surface area contributed by atoms with E-state index in [-0.39, 0.29) is 11.8 Å². The van der Waals surface area contributed by atoms with Crippen LogP contribution in [0.4, 0.5) is 13.2 Å². The highest BCUT2D eigenvalue weighted by molar-refractivity contribution is 8.14. The highest BCUT2D eigenvalue weighted by Gasteiger charge is 2.41. The summed E-state index contributed by atoms with van der Waals surface area (Å²) >= 11 is 1.07. The van der Waals surface area contributed by atoms with Crippen molar-refractivity contribution in [2.75, 3.05) is 51.6 Å². The first kappa shape index (κ1) is 31.5. The maximum Gasteiger partial charge on any atom is 0.404 e. The summed E-state index contributed by atoms with van der Waals surface area (Å²) in [6.07, 6.45) is -1.66. The molecule has 2 aliphatic heterocycles. The van der Waals surface area contributed by atoms with Crippen molar-refractivity contribution in [2.45, 2.75) is 64.5 Å². The van der Waals surface area contributed by atoms with Crippen molar-refractivity contribution < 1.29 is 13.2 Å². The van der Waals surface area contributed by atoms with Gasteiger partial charge in [-0.15, -0.1) is 11.8 Å². The van der Waals surface area contributed by atoms with E-state index in [0.29, 0.717) is 30.0 Å². The van der Waals surface area contributed by atoms with Gasteiger partial charge in [0.05, 0.1) is 5.04 Å². The number of hydrogen-bond acceptors (Lipinski definition) is 7. The van der Waals surface area contributed by atoms with Crippen molar-refractivity contribution in [2.24, 2.45) is 4.99 Å². The molecular formula is C29H41F3N8S. The van der Waals surface area contributed by atoms with E-state index in [0.717, 1.165) is 93.5 Å². The number of rotatable bonds is 11. The molecule has 12 heteroatoms. The Hall–Kier alpha value is -2.43. The molecule has 0 radical (unpaired) electrons. The Balaban J connectivity index is 1.35. The first-order chi connectivity index (χ1) is 19.7. The molecule has 0 amide bonds. The summed E-state index contributed by atoms with van der Waals surface area (Å²) in [6.45, 7) is 11.8. The van der Waals surface area contributed by atoms with Gasteiger partial charge in [0.1, 0.15) is 24.1 Å². The van der Waals surface area contributed by atoms with E-state index in [1.54, 1.807) is 0 Å². The van der Waals surface area contributed by atoms with Crippen LogP contribution in [0.3, 0.4) is 0 Å². The third kappa shape index (κ3) is 8.32. The molecule has 1 unspecified atom stereocenters. The maximum absolute atomic E-state index is 13.8. The Bertz CT molecular complexity index is 1240. The molecule has 8 nitrogen and oxygen atoms in total. The van der Waals surface area contributed by atoms with Crippen LogP contribution in [-0.2, 0) is 13.1 Å². The molecule has 2 saturated heterocycles. The number of likely N-dealkylation sites (tertiary alicyclic amines) is 1. The van der Waals surface area contributed by atoms with Gasteiger partial charge in [-0.1, -0.05) is 13.0 Å². The molecule has 1 atom stereocenters. The third-order valence-electron chi connectivity index (χ3n) is 8.17. The van der Waals surface area contributed by atoms with Crippen LogP contribution in [0.2, 0.25) is 0 Å². The zero-order valence-electron chi connectivity index (χ0n) is 23.9. The second-order valence-electron chi connectivity index (χ2n) is 10.8. The van der Waals surface area contributed by atoms with Crippen molar-refractivity contribution in [3.63, 3.8) is 0 Å². The van der Waals surface area contributed by atoms with Crippen molar-refractivity contribution in [3.05, 3.63) is 35.0 Å². The lowest BCUT2D eigenvalue weighted by atomic mass is 10.0. The van der Waals surface area contributed by atoms with Gasteiger partial charge in [0, 0.05) is 68.5 Å². The van der Waals surface area contributed by atoms with Crippen LogP contribution in [-0.4, -0.2) is 95.6 Å². The van der Waals surface area contributed by atoms with Gasteiger partial charge in [0.15, 0.2) is 0 Å². The second kappa shape index (κ2) is 14.6. The van der Waals surface area contributed by atoms with E-state index >= 15 is 0 Å². The first-order valence-corrected chi connectivity index (χ1v) is 15.4. The highest BCUT2D eigenvalue weighted by atomic mass is 32.2. The number of thioether (sulfide) groups is 1. The molecule has 3 N–H and O–H groups in total. The second-order valence-corrected chi connectivity index (χ2v) is 11.9. The van der Waals surface area contributed by atoms with Gasteiger partial charge in [-0.2, -0.15) is 18.4 Å². The Morgan fingerprint density at radius 3 is 2.59 bits per heavy atom. The standard InChI is InChI=1S/C29H41F3N8S/c1-3-28(36-20-34)41-19-27(29(30,31)32)37-23-6-10-39(11-7-23)18-22-4-5-26-25(21(22)2)16-24(17-33)40(26)15-14-38-12-8-35-9-13-38/h4-5,16,20,23,27,34-35,37H,3,6-15,18-19H2,1-2H3/b34-20?,36-28+. The highest BCUT2D eigenvalue weighted by Crippen LogP contribution is 2.29. The number of piperidine rings is 1. The minimum absolute atomic E-state index is 0.150. The van der Waals surface area contributed by atoms with Gasteiger partial charge in [-0.05, 0) is 62.5 Å². The lowest BCUT2D eigenvalue weighted by Gasteiger charge is -2.35. The summed E-state index contributed by atoms with van der Waals surface area (Å²) in [7, 11) is 0. The fourth-order valence-corrected chi connectivity index (χ4v) is 6.68. The molecule has 0 spiro atoms. The molecule has 2 aromatic rings. The van der Waals surface area contributed by atoms with Gasteiger partial charge in [0.2, 0.25) is 0 Å². The molecule has 2 fully saturated rings. The predicted molar refractivity (Wildman–Crippen MR) is 161 cm³/mol. The van der Waals surface area contributed by atoms with Gasteiger partial charge in [-0.25, -0.2) is 4.99 Å². The van der Waals surface area contributed by atoms with Crippen molar-refractivity contribution in [1.29, 1.82) is 10.7 Å². The molecule has 0 aliphatic carbocycles. The van der Waals surface area contributed by atoms with E-state index < -0.39 is 12.2 Å². The predicted octanol–water partition coefficient (Wildman–Crippen LogP) is 4.36. The summed E-state index contributed by atoms with van der Waals surface area (Å²) in [5.41, 5.74) is 4.10. The third-order valence-corrected chi connectivity index (χ3v) is 9.40. The number of fused-ring (bicyclic) bond motifs is 1. The topological polar surface area (TPSA) is 95.5 Å². The van der Waals surface area contributed by atoms with Gasteiger partial charge in [0.25, 0.3) is 0 Å². The quantitative estimate of drug-likeness (QED) is 0.266. The molecule has 224 valence electrons. The molecule has 0 bridgehead atoms. The van der Waals surface area contributed by atoms with Crippen molar-refractivity contribution in [1.82, 2.24) is 25.0 Å². The average molecular weight is 591 g/mol. The van der Waals surface area contributed by atoms with Crippen LogP contribution in [0.5, 0.6) is 0 Å². The lowest BCUT2D eigenvalue weighted by molar-refractivity contribution is -0.152. The smallest absolute Gasteiger partial charge is 0.331 e. The first-order valence-electron chi connectivity index (χ1n) is 14.4. The zero-order valence-corrected chi connectivity index (χ0v) is 24.8.